The number of ether oxygens (including phenoxy) is 2. The molecule has 1 saturated heterocycles. The minimum Gasteiger partial charge on any atom is -0.504 e. The molecular weight excluding hydrogens is 242 g/mol. The summed E-state index contributed by atoms with van der Waals surface area (Å²) in [6.45, 7) is 8.90. The van der Waals surface area contributed by atoms with Crippen molar-refractivity contribution in [1.29, 1.82) is 0 Å². The molecule has 0 saturated carbocycles. The molecule has 0 bridgehead atoms. The number of hydrogen-bond acceptors (Lipinski definition) is 4. The molecule has 1 heterocycles. The van der Waals surface area contributed by atoms with Gasteiger partial charge in [0.05, 0.1) is 19.8 Å². The number of phenols is 1. The Balaban J connectivity index is 2.13. The second kappa shape index (κ2) is 5.39. The first-order chi connectivity index (χ1) is 8.92. The van der Waals surface area contributed by atoms with Gasteiger partial charge >= 0.3 is 0 Å². The summed E-state index contributed by atoms with van der Waals surface area (Å²) < 4.78 is 10.8. The van der Waals surface area contributed by atoms with Crippen molar-refractivity contribution in [3.63, 3.8) is 0 Å². The van der Waals surface area contributed by atoms with E-state index in [1.165, 1.54) is 0 Å². The topological polar surface area (TPSA) is 41.9 Å². The van der Waals surface area contributed by atoms with E-state index in [1.807, 2.05) is 12.1 Å². The van der Waals surface area contributed by atoms with Crippen molar-refractivity contribution < 1.29 is 14.6 Å². The minimum absolute atomic E-state index is 0.0159. The zero-order valence-electron chi connectivity index (χ0n) is 12.1. The molecule has 1 aliphatic heterocycles. The predicted molar refractivity (Wildman–Crippen MR) is 74.6 cm³/mol. The molecule has 4 nitrogen and oxygen atoms in total. The van der Waals surface area contributed by atoms with Crippen LogP contribution in [-0.2, 0) is 11.3 Å². The minimum atomic E-state index is 0.0159. The highest BCUT2D eigenvalue weighted by Gasteiger charge is 2.33. The van der Waals surface area contributed by atoms with E-state index in [2.05, 4.69) is 25.7 Å². The highest BCUT2D eigenvalue weighted by atomic mass is 16.5. The van der Waals surface area contributed by atoms with Crippen LogP contribution in [0.25, 0.3) is 0 Å². The Morgan fingerprint density at radius 3 is 2.84 bits per heavy atom. The summed E-state index contributed by atoms with van der Waals surface area (Å²) in [5, 5.41) is 9.83. The van der Waals surface area contributed by atoms with E-state index in [-0.39, 0.29) is 17.4 Å². The van der Waals surface area contributed by atoms with Crippen LogP contribution in [0.3, 0.4) is 0 Å². The molecule has 0 spiro atoms. The Hall–Kier alpha value is -1.26. The Bertz CT molecular complexity index is 445. The quantitative estimate of drug-likeness (QED) is 0.911. The van der Waals surface area contributed by atoms with Gasteiger partial charge in [-0.05, 0) is 38.5 Å². The molecule has 1 N–H and O–H groups in total. The molecule has 0 amide bonds. The third kappa shape index (κ3) is 3.19. The number of nitrogens with zero attached hydrogens (tertiary/aromatic N) is 1. The molecule has 1 aromatic carbocycles. The van der Waals surface area contributed by atoms with Gasteiger partial charge in [-0.25, -0.2) is 0 Å². The van der Waals surface area contributed by atoms with Gasteiger partial charge in [-0.2, -0.15) is 0 Å². The van der Waals surface area contributed by atoms with Gasteiger partial charge in [0.15, 0.2) is 11.5 Å². The van der Waals surface area contributed by atoms with Crippen molar-refractivity contribution in [2.45, 2.75) is 39.0 Å². The van der Waals surface area contributed by atoms with Gasteiger partial charge in [-0.3, -0.25) is 4.90 Å². The van der Waals surface area contributed by atoms with Gasteiger partial charge in [0.2, 0.25) is 0 Å². The number of hydrogen-bond donors (Lipinski definition) is 1. The molecule has 1 aliphatic rings. The second-order valence-corrected chi connectivity index (χ2v) is 5.82. The summed E-state index contributed by atoms with van der Waals surface area (Å²) in [5.74, 6) is 0.706. The highest BCUT2D eigenvalue weighted by molar-refractivity contribution is 5.41. The Morgan fingerprint density at radius 1 is 1.47 bits per heavy atom. The number of benzene rings is 1. The second-order valence-electron chi connectivity index (χ2n) is 5.82. The lowest BCUT2D eigenvalue weighted by Crippen LogP contribution is -2.54. The van der Waals surface area contributed by atoms with Crippen molar-refractivity contribution in [3.05, 3.63) is 23.8 Å². The van der Waals surface area contributed by atoms with Crippen LogP contribution < -0.4 is 4.74 Å². The van der Waals surface area contributed by atoms with Crippen LogP contribution in [0.1, 0.15) is 26.3 Å². The predicted octanol–water partition coefficient (Wildman–Crippen LogP) is 2.40. The Kier molecular flexibility index (Phi) is 4.02. The van der Waals surface area contributed by atoms with Crippen LogP contribution in [0, 0.1) is 0 Å². The SMILES string of the molecule is COc1ccc(CN2C[C@@H](C)OCC2(C)C)cc1O. The van der Waals surface area contributed by atoms with Crippen molar-refractivity contribution in [3.8, 4) is 11.5 Å². The van der Waals surface area contributed by atoms with Gasteiger partial charge in [-0.15, -0.1) is 0 Å². The van der Waals surface area contributed by atoms with Crippen LogP contribution in [-0.4, -0.2) is 41.9 Å². The van der Waals surface area contributed by atoms with E-state index in [0.717, 1.165) is 25.3 Å². The number of rotatable bonds is 3. The lowest BCUT2D eigenvalue weighted by atomic mass is 9.99. The van der Waals surface area contributed by atoms with E-state index in [4.69, 9.17) is 9.47 Å². The standard InChI is InChI=1S/C15H23NO3/c1-11-8-16(15(2,3)10-19-11)9-12-5-6-14(18-4)13(17)7-12/h5-7,11,17H,8-10H2,1-4H3/t11-/m1/s1. The van der Waals surface area contributed by atoms with E-state index >= 15 is 0 Å². The fraction of sp³-hybridized carbons (Fsp3) is 0.600. The molecule has 106 valence electrons. The molecule has 1 aromatic rings. The molecule has 1 atom stereocenters. The number of morpholine rings is 1. The molecular formula is C15H23NO3. The Morgan fingerprint density at radius 2 is 2.21 bits per heavy atom. The van der Waals surface area contributed by atoms with Crippen LogP contribution in [0.2, 0.25) is 0 Å². The molecule has 0 unspecified atom stereocenters. The molecule has 0 aromatic heterocycles. The highest BCUT2D eigenvalue weighted by Crippen LogP contribution is 2.29. The zero-order chi connectivity index (χ0) is 14.0. The van der Waals surface area contributed by atoms with E-state index in [0.29, 0.717) is 5.75 Å². The molecule has 4 heteroatoms. The molecule has 19 heavy (non-hydrogen) atoms. The van der Waals surface area contributed by atoms with Crippen LogP contribution in [0.5, 0.6) is 11.5 Å². The van der Waals surface area contributed by atoms with Crippen molar-refractivity contribution in [2.24, 2.45) is 0 Å². The summed E-state index contributed by atoms with van der Waals surface area (Å²) in [4.78, 5) is 2.39. The lowest BCUT2D eigenvalue weighted by molar-refractivity contribution is -0.0949. The van der Waals surface area contributed by atoms with Gasteiger partial charge < -0.3 is 14.6 Å². The van der Waals surface area contributed by atoms with E-state index < -0.39 is 0 Å². The average molecular weight is 265 g/mol. The smallest absolute Gasteiger partial charge is 0.160 e. The average Bonchev–Trinajstić information content (AvgIpc) is 2.35. The largest absolute Gasteiger partial charge is 0.504 e. The number of phenolic OH excluding ortho intramolecular Hbond substituents is 1. The van der Waals surface area contributed by atoms with E-state index in [9.17, 15) is 5.11 Å². The zero-order valence-corrected chi connectivity index (χ0v) is 12.1. The fourth-order valence-corrected chi connectivity index (χ4v) is 2.38. The van der Waals surface area contributed by atoms with Crippen molar-refractivity contribution in [1.82, 2.24) is 4.90 Å². The third-order valence-corrected chi connectivity index (χ3v) is 3.67. The van der Waals surface area contributed by atoms with Crippen molar-refractivity contribution in [2.75, 3.05) is 20.3 Å². The van der Waals surface area contributed by atoms with Gasteiger partial charge in [0.25, 0.3) is 0 Å². The van der Waals surface area contributed by atoms with Crippen LogP contribution in [0.15, 0.2) is 18.2 Å². The van der Waals surface area contributed by atoms with Crippen LogP contribution >= 0.6 is 0 Å². The fourth-order valence-electron chi connectivity index (χ4n) is 2.38. The normalized spacial score (nSPS) is 23.3. The van der Waals surface area contributed by atoms with Crippen molar-refractivity contribution >= 4 is 0 Å². The summed E-state index contributed by atoms with van der Waals surface area (Å²) in [7, 11) is 1.56. The number of aromatic hydroxyl groups is 1. The lowest BCUT2D eigenvalue weighted by Gasteiger charge is -2.44. The summed E-state index contributed by atoms with van der Waals surface area (Å²) in [5.41, 5.74) is 1.10. The van der Waals surface area contributed by atoms with Gasteiger partial charge in [0, 0.05) is 18.6 Å². The molecule has 1 fully saturated rings. The van der Waals surface area contributed by atoms with Gasteiger partial charge in [-0.1, -0.05) is 6.07 Å². The maximum Gasteiger partial charge on any atom is 0.160 e. The third-order valence-electron chi connectivity index (χ3n) is 3.67. The first kappa shape index (κ1) is 14.2. The first-order valence-electron chi connectivity index (χ1n) is 6.65. The summed E-state index contributed by atoms with van der Waals surface area (Å²) in [6, 6.07) is 5.57. The molecule has 0 radical (unpaired) electrons. The van der Waals surface area contributed by atoms with E-state index in [1.54, 1.807) is 13.2 Å². The van der Waals surface area contributed by atoms with Gasteiger partial charge in [0.1, 0.15) is 0 Å². The number of methoxy groups -OCH3 is 1. The maximum absolute atomic E-state index is 9.83. The Labute approximate surface area is 114 Å². The monoisotopic (exact) mass is 265 g/mol. The maximum atomic E-state index is 9.83. The summed E-state index contributed by atoms with van der Waals surface area (Å²) >= 11 is 0. The molecule has 2 rings (SSSR count). The van der Waals surface area contributed by atoms with Crippen LogP contribution in [0.4, 0.5) is 0 Å². The first-order valence-corrected chi connectivity index (χ1v) is 6.65. The summed E-state index contributed by atoms with van der Waals surface area (Å²) in [6.07, 6.45) is 0.250. The molecule has 0 aliphatic carbocycles.